The number of rotatable bonds is 8. The summed E-state index contributed by atoms with van der Waals surface area (Å²) in [6.45, 7) is 8.38. The Bertz CT molecular complexity index is 298. The SMILES string of the molecule is CCC(CCNC(=O)[C@@H](N)C(C)(C)C)CCC(=O)O. The number of aliphatic carboxylic acids is 1. The monoisotopic (exact) mass is 272 g/mol. The van der Waals surface area contributed by atoms with E-state index in [-0.39, 0.29) is 17.7 Å². The highest BCUT2D eigenvalue weighted by Crippen LogP contribution is 2.18. The second-order valence-electron chi connectivity index (χ2n) is 6.13. The lowest BCUT2D eigenvalue weighted by molar-refractivity contribution is -0.137. The van der Waals surface area contributed by atoms with Gasteiger partial charge in [-0.15, -0.1) is 0 Å². The van der Waals surface area contributed by atoms with Crippen LogP contribution in [0.5, 0.6) is 0 Å². The first kappa shape index (κ1) is 17.9. The summed E-state index contributed by atoms with van der Waals surface area (Å²) in [5.41, 5.74) is 5.60. The molecule has 1 amide bonds. The number of nitrogens with two attached hydrogens (primary N) is 1. The van der Waals surface area contributed by atoms with Crippen LogP contribution in [0.3, 0.4) is 0 Å². The van der Waals surface area contributed by atoms with E-state index in [1.54, 1.807) is 0 Å². The Morgan fingerprint density at radius 1 is 1.26 bits per heavy atom. The van der Waals surface area contributed by atoms with Gasteiger partial charge in [0.25, 0.3) is 0 Å². The van der Waals surface area contributed by atoms with E-state index in [0.717, 1.165) is 12.8 Å². The summed E-state index contributed by atoms with van der Waals surface area (Å²) in [6.07, 6.45) is 2.57. The molecule has 0 saturated heterocycles. The van der Waals surface area contributed by atoms with Crippen molar-refractivity contribution in [2.24, 2.45) is 17.1 Å². The van der Waals surface area contributed by atoms with E-state index in [9.17, 15) is 9.59 Å². The zero-order valence-corrected chi connectivity index (χ0v) is 12.5. The van der Waals surface area contributed by atoms with E-state index in [4.69, 9.17) is 10.8 Å². The molecule has 1 unspecified atom stereocenters. The van der Waals surface area contributed by atoms with Gasteiger partial charge in [0.1, 0.15) is 0 Å². The molecule has 0 spiro atoms. The smallest absolute Gasteiger partial charge is 0.303 e. The van der Waals surface area contributed by atoms with Gasteiger partial charge in [0.05, 0.1) is 6.04 Å². The third kappa shape index (κ3) is 7.82. The number of nitrogens with one attached hydrogen (secondary N) is 1. The summed E-state index contributed by atoms with van der Waals surface area (Å²) in [4.78, 5) is 22.3. The standard InChI is InChI=1S/C14H28N2O3/c1-5-10(6-7-11(17)18)8-9-16-13(19)12(15)14(2,3)4/h10,12H,5-9,15H2,1-4H3,(H,16,19)(H,17,18)/t10?,12-/m1/s1. The molecular formula is C14H28N2O3. The fourth-order valence-corrected chi connectivity index (χ4v) is 1.78. The van der Waals surface area contributed by atoms with Crippen molar-refractivity contribution in [1.82, 2.24) is 5.32 Å². The molecule has 0 aromatic heterocycles. The van der Waals surface area contributed by atoms with Gasteiger partial charge in [-0.05, 0) is 24.2 Å². The molecule has 4 N–H and O–H groups in total. The highest BCUT2D eigenvalue weighted by atomic mass is 16.4. The largest absolute Gasteiger partial charge is 0.481 e. The Balaban J connectivity index is 4.00. The number of carbonyl (C=O) groups excluding carboxylic acids is 1. The van der Waals surface area contributed by atoms with Crippen LogP contribution in [0.4, 0.5) is 0 Å². The van der Waals surface area contributed by atoms with Crippen LogP contribution in [0.2, 0.25) is 0 Å². The van der Waals surface area contributed by atoms with Gasteiger partial charge in [-0.25, -0.2) is 0 Å². The van der Waals surface area contributed by atoms with Gasteiger partial charge < -0.3 is 16.2 Å². The average Bonchev–Trinajstić information content (AvgIpc) is 2.30. The maximum atomic E-state index is 11.8. The molecule has 0 bridgehead atoms. The Morgan fingerprint density at radius 2 is 1.84 bits per heavy atom. The molecule has 2 atom stereocenters. The predicted octanol–water partition coefficient (Wildman–Crippen LogP) is 1.76. The maximum Gasteiger partial charge on any atom is 0.303 e. The number of carboxylic acids is 1. The van der Waals surface area contributed by atoms with E-state index >= 15 is 0 Å². The summed E-state index contributed by atoms with van der Waals surface area (Å²) >= 11 is 0. The van der Waals surface area contributed by atoms with Crippen LogP contribution < -0.4 is 11.1 Å². The second kappa shape index (κ2) is 8.15. The van der Waals surface area contributed by atoms with Crippen LogP contribution in [0.15, 0.2) is 0 Å². The minimum atomic E-state index is -0.766. The lowest BCUT2D eigenvalue weighted by Crippen LogP contribution is -2.48. The van der Waals surface area contributed by atoms with Crippen LogP contribution in [-0.4, -0.2) is 29.6 Å². The maximum absolute atomic E-state index is 11.8. The van der Waals surface area contributed by atoms with E-state index < -0.39 is 12.0 Å². The summed E-state index contributed by atoms with van der Waals surface area (Å²) < 4.78 is 0. The van der Waals surface area contributed by atoms with Gasteiger partial charge in [-0.2, -0.15) is 0 Å². The lowest BCUT2D eigenvalue weighted by Gasteiger charge is -2.26. The Kier molecular flexibility index (Phi) is 7.68. The second-order valence-corrected chi connectivity index (χ2v) is 6.13. The van der Waals surface area contributed by atoms with E-state index in [1.807, 2.05) is 27.7 Å². The first-order valence-electron chi connectivity index (χ1n) is 6.93. The molecule has 0 heterocycles. The third-order valence-electron chi connectivity index (χ3n) is 3.41. The zero-order valence-electron chi connectivity index (χ0n) is 12.5. The summed E-state index contributed by atoms with van der Waals surface area (Å²) in [7, 11) is 0. The first-order chi connectivity index (χ1) is 8.68. The number of amides is 1. The molecule has 0 radical (unpaired) electrons. The quantitative estimate of drug-likeness (QED) is 0.627. The summed E-state index contributed by atoms with van der Waals surface area (Å²) in [6, 6.07) is -0.522. The van der Waals surface area contributed by atoms with E-state index in [2.05, 4.69) is 5.32 Å². The summed E-state index contributed by atoms with van der Waals surface area (Å²) in [5, 5.41) is 11.5. The third-order valence-corrected chi connectivity index (χ3v) is 3.41. The molecule has 0 aromatic rings. The van der Waals surface area contributed by atoms with Crippen molar-refractivity contribution < 1.29 is 14.7 Å². The average molecular weight is 272 g/mol. The minimum absolute atomic E-state index is 0.138. The van der Waals surface area contributed by atoms with Crippen molar-refractivity contribution in [3.8, 4) is 0 Å². The molecule has 112 valence electrons. The van der Waals surface area contributed by atoms with Gasteiger partial charge in [0, 0.05) is 13.0 Å². The molecule has 19 heavy (non-hydrogen) atoms. The molecule has 5 nitrogen and oxygen atoms in total. The lowest BCUT2D eigenvalue weighted by atomic mass is 9.87. The first-order valence-corrected chi connectivity index (χ1v) is 6.93. The number of carbonyl (C=O) groups is 2. The van der Waals surface area contributed by atoms with Gasteiger partial charge in [-0.1, -0.05) is 34.1 Å². The zero-order chi connectivity index (χ0) is 15.1. The van der Waals surface area contributed by atoms with Crippen LogP contribution >= 0.6 is 0 Å². The highest BCUT2D eigenvalue weighted by Gasteiger charge is 2.27. The van der Waals surface area contributed by atoms with E-state index in [0.29, 0.717) is 18.9 Å². The normalized spacial score (nSPS) is 14.8. The molecule has 0 aliphatic heterocycles. The molecule has 0 fully saturated rings. The summed E-state index contributed by atoms with van der Waals surface area (Å²) in [5.74, 6) is -0.569. The molecule has 0 aliphatic rings. The van der Waals surface area contributed by atoms with Crippen LogP contribution in [0, 0.1) is 11.3 Å². The molecule has 0 aromatic carbocycles. The van der Waals surface area contributed by atoms with Gasteiger partial charge >= 0.3 is 5.97 Å². The fourth-order valence-electron chi connectivity index (χ4n) is 1.78. The van der Waals surface area contributed by atoms with E-state index in [1.165, 1.54) is 0 Å². The van der Waals surface area contributed by atoms with Gasteiger partial charge in [0.2, 0.25) is 5.91 Å². The van der Waals surface area contributed by atoms with Gasteiger partial charge in [-0.3, -0.25) is 9.59 Å². The Hall–Kier alpha value is -1.10. The van der Waals surface area contributed by atoms with Crippen molar-refractivity contribution >= 4 is 11.9 Å². The van der Waals surface area contributed by atoms with Crippen molar-refractivity contribution in [2.45, 2.75) is 59.4 Å². The Morgan fingerprint density at radius 3 is 2.26 bits per heavy atom. The van der Waals surface area contributed by atoms with Crippen molar-refractivity contribution in [3.05, 3.63) is 0 Å². The van der Waals surface area contributed by atoms with Gasteiger partial charge in [0.15, 0.2) is 0 Å². The number of hydrogen-bond donors (Lipinski definition) is 3. The van der Waals surface area contributed by atoms with Crippen LogP contribution in [0.25, 0.3) is 0 Å². The van der Waals surface area contributed by atoms with Crippen LogP contribution in [0.1, 0.15) is 53.4 Å². The topological polar surface area (TPSA) is 92.4 Å². The van der Waals surface area contributed by atoms with Crippen molar-refractivity contribution in [3.63, 3.8) is 0 Å². The van der Waals surface area contributed by atoms with Crippen molar-refractivity contribution in [1.29, 1.82) is 0 Å². The highest BCUT2D eigenvalue weighted by molar-refractivity contribution is 5.82. The molecule has 0 rings (SSSR count). The van der Waals surface area contributed by atoms with Crippen LogP contribution in [-0.2, 0) is 9.59 Å². The Labute approximate surface area is 115 Å². The molecule has 0 saturated carbocycles. The minimum Gasteiger partial charge on any atom is -0.481 e. The van der Waals surface area contributed by atoms with Crippen molar-refractivity contribution in [2.75, 3.05) is 6.54 Å². The fraction of sp³-hybridized carbons (Fsp3) is 0.857. The number of hydrogen-bond acceptors (Lipinski definition) is 3. The molecule has 5 heteroatoms. The number of carboxylic acid groups (broad SMARTS) is 1. The molecular weight excluding hydrogens is 244 g/mol. The predicted molar refractivity (Wildman–Crippen MR) is 75.7 cm³/mol. The molecule has 0 aliphatic carbocycles.